The van der Waals surface area contributed by atoms with E-state index in [9.17, 15) is 4.79 Å². The standard InChI is InChI=1S/C23H27N3O3/c1-25-22(24-21-19(23(25)27)7-5-8-20(21)28-2)17-9-11-18(12-10-17)29-16-6-15-26-13-3-4-14-26/h5,7-12H,3-4,6,13-16H2,1-2H3. The zero-order chi connectivity index (χ0) is 20.2. The van der Waals surface area contributed by atoms with Crippen LogP contribution in [0, 0.1) is 0 Å². The minimum Gasteiger partial charge on any atom is -0.494 e. The summed E-state index contributed by atoms with van der Waals surface area (Å²) in [6.07, 6.45) is 3.67. The van der Waals surface area contributed by atoms with Gasteiger partial charge in [-0.2, -0.15) is 0 Å². The minimum absolute atomic E-state index is 0.0915. The Hall–Kier alpha value is -2.86. The summed E-state index contributed by atoms with van der Waals surface area (Å²) in [4.78, 5) is 20.0. The Morgan fingerprint density at radius 1 is 1.07 bits per heavy atom. The van der Waals surface area contributed by atoms with Crippen LogP contribution >= 0.6 is 0 Å². The molecule has 6 heteroatoms. The first-order chi connectivity index (χ1) is 14.2. The van der Waals surface area contributed by atoms with Crippen molar-refractivity contribution in [2.24, 2.45) is 7.05 Å². The Morgan fingerprint density at radius 3 is 2.55 bits per heavy atom. The van der Waals surface area contributed by atoms with Gasteiger partial charge in [0.2, 0.25) is 0 Å². The largest absolute Gasteiger partial charge is 0.494 e. The van der Waals surface area contributed by atoms with E-state index >= 15 is 0 Å². The highest BCUT2D eigenvalue weighted by Gasteiger charge is 2.13. The molecule has 0 N–H and O–H groups in total. The molecule has 1 aromatic heterocycles. The van der Waals surface area contributed by atoms with Crippen LogP contribution in [0.5, 0.6) is 11.5 Å². The van der Waals surface area contributed by atoms with E-state index in [0.717, 1.165) is 24.3 Å². The Kier molecular flexibility index (Phi) is 5.81. The summed E-state index contributed by atoms with van der Waals surface area (Å²) in [7, 11) is 3.33. The summed E-state index contributed by atoms with van der Waals surface area (Å²) in [5, 5.41) is 0.550. The summed E-state index contributed by atoms with van der Waals surface area (Å²) < 4.78 is 12.8. The summed E-state index contributed by atoms with van der Waals surface area (Å²) in [5.74, 6) is 2.03. The molecule has 6 nitrogen and oxygen atoms in total. The molecule has 0 saturated carbocycles. The molecule has 0 spiro atoms. The van der Waals surface area contributed by atoms with Gasteiger partial charge in [-0.25, -0.2) is 4.98 Å². The molecule has 0 amide bonds. The Labute approximate surface area is 170 Å². The van der Waals surface area contributed by atoms with E-state index in [1.165, 1.54) is 25.9 Å². The lowest BCUT2D eigenvalue weighted by molar-refractivity contribution is 0.263. The van der Waals surface area contributed by atoms with Gasteiger partial charge in [-0.1, -0.05) is 6.07 Å². The topological polar surface area (TPSA) is 56.6 Å². The summed E-state index contributed by atoms with van der Waals surface area (Å²) in [6.45, 7) is 4.25. The molecule has 1 aliphatic rings. The third-order valence-corrected chi connectivity index (χ3v) is 5.49. The molecule has 0 radical (unpaired) electrons. The predicted octanol–water partition coefficient (Wildman–Crippen LogP) is 3.47. The fourth-order valence-corrected chi connectivity index (χ4v) is 3.88. The SMILES string of the molecule is COc1cccc2c(=O)n(C)c(-c3ccc(OCCCN4CCCC4)cc3)nc12. The number of methoxy groups -OCH3 is 1. The van der Waals surface area contributed by atoms with E-state index in [0.29, 0.717) is 29.1 Å². The molecular weight excluding hydrogens is 366 g/mol. The normalized spacial score (nSPS) is 14.4. The van der Waals surface area contributed by atoms with E-state index in [-0.39, 0.29) is 5.56 Å². The van der Waals surface area contributed by atoms with Crippen molar-refractivity contribution in [1.29, 1.82) is 0 Å². The molecule has 152 valence electrons. The molecule has 0 bridgehead atoms. The maximum absolute atomic E-state index is 12.8. The molecule has 29 heavy (non-hydrogen) atoms. The van der Waals surface area contributed by atoms with Gasteiger partial charge in [-0.05, 0) is 68.8 Å². The number of fused-ring (bicyclic) bond motifs is 1. The molecule has 0 atom stereocenters. The van der Waals surface area contributed by atoms with Crippen molar-refractivity contribution in [3.05, 3.63) is 52.8 Å². The average Bonchev–Trinajstić information content (AvgIpc) is 3.27. The zero-order valence-corrected chi connectivity index (χ0v) is 17.1. The van der Waals surface area contributed by atoms with Crippen LogP contribution < -0.4 is 15.0 Å². The van der Waals surface area contributed by atoms with Crippen LogP contribution in [-0.2, 0) is 7.05 Å². The van der Waals surface area contributed by atoms with E-state index in [2.05, 4.69) is 4.90 Å². The first-order valence-electron chi connectivity index (χ1n) is 10.2. The lowest BCUT2D eigenvalue weighted by Gasteiger charge is -2.14. The van der Waals surface area contributed by atoms with Gasteiger partial charge in [0.05, 0.1) is 19.1 Å². The van der Waals surface area contributed by atoms with Gasteiger partial charge >= 0.3 is 0 Å². The van der Waals surface area contributed by atoms with Gasteiger partial charge in [-0.3, -0.25) is 9.36 Å². The molecule has 2 heterocycles. The van der Waals surface area contributed by atoms with Gasteiger partial charge in [0, 0.05) is 19.2 Å². The maximum Gasteiger partial charge on any atom is 0.261 e. The lowest BCUT2D eigenvalue weighted by Crippen LogP contribution is -2.21. The number of hydrogen-bond donors (Lipinski definition) is 0. The van der Waals surface area contributed by atoms with Gasteiger partial charge in [0.1, 0.15) is 22.8 Å². The van der Waals surface area contributed by atoms with Crippen LogP contribution in [0.3, 0.4) is 0 Å². The van der Waals surface area contributed by atoms with Gasteiger partial charge in [-0.15, -0.1) is 0 Å². The Morgan fingerprint density at radius 2 is 1.83 bits per heavy atom. The fourth-order valence-electron chi connectivity index (χ4n) is 3.88. The van der Waals surface area contributed by atoms with Crippen LogP contribution in [0.1, 0.15) is 19.3 Å². The molecule has 1 aliphatic heterocycles. The second-order valence-corrected chi connectivity index (χ2v) is 7.43. The van der Waals surface area contributed by atoms with Crippen LogP contribution in [0.15, 0.2) is 47.3 Å². The third kappa shape index (κ3) is 4.12. The summed E-state index contributed by atoms with van der Waals surface area (Å²) in [6, 6.07) is 13.2. The first kappa shape index (κ1) is 19.5. The molecule has 0 aliphatic carbocycles. The second kappa shape index (κ2) is 8.66. The van der Waals surface area contributed by atoms with Crippen LogP contribution in [0.4, 0.5) is 0 Å². The molecule has 1 fully saturated rings. The molecule has 1 saturated heterocycles. The average molecular weight is 393 g/mol. The van der Waals surface area contributed by atoms with Crippen molar-refractivity contribution in [3.63, 3.8) is 0 Å². The van der Waals surface area contributed by atoms with E-state index in [4.69, 9.17) is 14.5 Å². The van der Waals surface area contributed by atoms with E-state index in [1.807, 2.05) is 30.3 Å². The number of hydrogen-bond acceptors (Lipinski definition) is 5. The number of para-hydroxylation sites is 1. The monoisotopic (exact) mass is 393 g/mol. The van der Waals surface area contributed by atoms with Crippen molar-refractivity contribution >= 4 is 10.9 Å². The van der Waals surface area contributed by atoms with Gasteiger partial charge in [0.25, 0.3) is 5.56 Å². The van der Waals surface area contributed by atoms with Gasteiger partial charge in [0.15, 0.2) is 0 Å². The van der Waals surface area contributed by atoms with Crippen LogP contribution in [0.2, 0.25) is 0 Å². The quantitative estimate of drug-likeness (QED) is 0.575. The Bertz CT molecular complexity index is 1040. The first-order valence-corrected chi connectivity index (χ1v) is 10.2. The smallest absolute Gasteiger partial charge is 0.261 e. The molecular formula is C23H27N3O3. The van der Waals surface area contributed by atoms with Crippen molar-refractivity contribution in [1.82, 2.24) is 14.5 Å². The minimum atomic E-state index is -0.0915. The molecule has 0 unspecified atom stereocenters. The number of ether oxygens (including phenoxy) is 2. The number of rotatable bonds is 7. The zero-order valence-electron chi connectivity index (χ0n) is 17.1. The number of benzene rings is 2. The second-order valence-electron chi connectivity index (χ2n) is 7.43. The fraction of sp³-hybridized carbons (Fsp3) is 0.391. The Balaban J connectivity index is 1.50. The predicted molar refractivity (Wildman–Crippen MR) is 115 cm³/mol. The maximum atomic E-state index is 12.8. The highest BCUT2D eigenvalue weighted by molar-refractivity contribution is 5.85. The molecule has 3 aromatic rings. The van der Waals surface area contributed by atoms with E-state index in [1.54, 1.807) is 30.9 Å². The third-order valence-electron chi connectivity index (χ3n) is 5.49. The lowest BCUT2D eigenvalue weighted by atomic mass is 10.1. The number of nitrogens with zero attached hydrogens (tertiary/aromatic N) is 3. The van der Waals surface area contributed by atoms with Crippen molar-refractivity contribution in [2.45, 2.75) is 19.3 Å². The summed E-state index contributed by atoms with van der Waals surface area (Å²) in [5.41, 5.74) is 1.35. The van der Waals surface area contributed by atoms with E-state index < -0.39 is 0 Å². The highest BCUT2D eigenvalue weighted by Crippen LogP contribution is 2.25. The summed E-state index contributed by atoms with van der Waals surface area (Å²) >= 11 is 0. The number of likely N-dealkylation sites (tertiary alicyclic amines) is 1. The van der Waals surface area contributed by atoms with Gasteiger partial charge < -0.3 is 14.4 Å². The number of aromatic nitrogens is 2. The highest BCUT2D eigenvalue weighted by atomic mass is 16.5. The van der Waals surface area contributed by atoms with Crippen molar-refractivity contribution in [2.75, 3.05) is 33.4 Å². The van der Waals surface area contributed by atoms with Crippen molar-refractivity contribution < 1.29 is 9.47 Å². The molecule has 4 rings (SSSR count). The van der Waals surface area contributed by atoms with Crippen molar-refractivity contribution in [3.8, 4) is 22.9 Å². The molecule has 2 aromatic carbocycles. The van der Waals surface area contributed by atoms with Crippen LogP contribution in [0.25, 0.3) is 22.3 Å². The van der Waals surface area contributed by atoms with Crippen LogP contribution in [-0.4, -0.2) is 47.8 Å².